The summed E-state index contributed by atoms with van der Waals surface area (Å²) >= 11 is -2.61. The first kappa shape index (κ1) is 9.29. The van der Waals surface area contributed by atoms with E-state index in [1.165, 1.54) is 0 Å². The van der Waals surface area contributed by atoms with E-state index in [1.54, 1.807) is 0 Å². The van der Waals surface area contributed by atoms with E-state index in [0.717, 1.165) is 0 Å². The average molecular weight is 223 g/mol. The van der Waals surface area contributed by atoms with Crippen molar-refractivity contribution in [3.63, 3.8) is 0 Å². The molecule has 0 unspecified atom stereocenters. The van der Waals surface area contributed by atoms with E-state index in [2.05, 4.69) is 9.78 Å². The molecule has 0 heterocycles. The van der Waals surface area contributed by atoms with Crippen LogP contribution in [0.1, 0.15) is 0 Å². The van der Waals surface area contributed by atoms with Gasteiger partial charge in [-0.1, -0.05) is 0 Å². The van der Waals surface area contributed by atoms with Gasteiger partial charge in [-0.2, -0.15) is 0 Å². The third-order valence-corrected chi connectivity index (χ3v) is 3.61. The van der Waals surface area contributed by atoms with Crippen LogP contribution >= 0.6 is 0 Å². The molecule has 3 amide bonds. The van der Waals surface area contributed by atoms with Gasteiger partial charge in [0.2, 0.25) is 0 Å². The van der Waals surface area contributed by atoms with Gasteiger partial charge in [-0.15, -0.1) is 0 Å². The molecule has 0 aliphatic heterocycles. The normalized spacial score (nSPS) is 7.20. The summed E-state index contributed by atoms with van der Waals surface area (Å²) in [6.45, 7) is 0. The van der Waals surface area contributed by atoms with Crippen molar-refractivity contribution < 1.29 is 37.0 Å². The fourth-order valence-corrected chi connectivity index (χ4v) is 1.79. The molecular weight excluding hydrogens is 217 g/mol. The van der Waals surface area contributed by atoms with E-state index in [1.807, 2.05) is 0 Å². The van der Waals surface area contributed by atoms with Crippen molar-refractivity contribution in [1.29, 1.82) is 0 Å². The standard InChI is InChI=1S/3CH3NO.Zr/c3*2-1-3;/h3*1H,(H2,2,3);/q;;;+3/p-3. The third kappa shape index (κ3) is 4.20. The number of hydrogen-bond donors (Lipinski definition) is 3. The summed E-state index contributed by atoms with van der Waals surface area (Å²) in [7, 11) is 0. The van der Waals surface area contributed by atoms with Crippen molar-refractivity contribution in [2.45, 2.75) is 0 Å². The van der Waals surface area contributed by atoms with Crippen molar-refractivity contribution in [1.82, 2.24) is 9.78 Å². The van der Waals surface area contributed by atoms with Gasteiger partial charge in [-0.3, -0.25) is 0 Å². The molecule has 0 saturated carbocycles. The molecule has 0 aliphatic carbocycles. The van der Waals surface area contributed by atoms with E-state index >= 15 is 0 Å². The van der Waals surface area contributed by atoms with E-state index in [4.69, 9.17) is 0 Å². The molecule has 0 atom stereocenters. The van der Waals surface area contributed by atoms with Crippen molar-refractivity contribution >= 4 is 19.2 Å². The molecule has 55 valence electrons. The number of nitrogens with one attached hydrogen (secondary N) is 3. The van der Waals surface area contributed by atoms with Crippen LogP contribution in [0.4, 0.5) is 0 Å². The number of carbonyl (C=O) groups is 3. The topological polar surface area (TPSA) is 87.3 Å². The van der Waals surface area contributed by atoms with E-state index in [0.29, 0.717) is 19.2 Å². The summed E-state index contributed by atoms with van der Waals surface area (Å²) in [5, 5.41) is 0. The van der Waals surface area contributed by atoms with Gasteiger partial charge in [-0.05, 0) is 0 Å². The fraction of sp³-hybridized carbons (Fsp3) is 0. The Bertz CT molecular complexity index is 106. The number of hydrogen-bond acceptors (Lipinski definition) is 3. The van der Waals surface area contributed by atoms with Crippen molar-refractivity contribution in [3.05, 3.63) is 0 Å². The summed E-state index contributed by atoms with van der Waals surface area (Å²) in [4.78, 5) is 29.4. The molecule has 0 aromatic rings. The second-order valence-corrected chi connectivity index (χ2v) is 5.13. The van der Waals surface area contributed by atoms with Crippen molar-refractivity contribution in [2.24, 2.45) is 0 Å². The quantitative estimate of drug-likeness (QED) is 0.438. The predicted molar refractivity (Wildman–Crippen MR) is 27.6 cm³/mol. The first-order chi connectivity index (χ1) is 4.85. The Labute approximate surface area is 66.2 Å². The van der Waals surface area contributed by atoms with E-state index in [9.17, 15) is 14.4 Å². The second-order valence-electron chi connectivity index (χ2n) is 1.16. The summed E-state index contributed by atoms with van der Waals surface area (Å²) in [6.07, 6.45) is 1.34. The zero-order valence-corrected chi connectivity index (χ0v) is 7.41. The third-order valence-electron chi connectivity index (χ3n) is 0.610. The Hall–Kier alpha value is -0.707. The maximum absolute atomic E-state index is 9.79. The van der Waals surface area contributed by atoms with Gasteiger partial charge in [0.15, 0.2) is 0 Å². The second kappa shape index (κ2) is 6.41. The monoisotopic (exact) mass is 222 g/mol. The molecule has 3 N–H and O–H groups in total. The molecule has 0 rings (SSSR count). The van der Waals surface area contributed by atoms with Gasteiger partial charge in [0.25, 0.3) is 0 Å². The van der Waals surface area contributed by atoms with Gasteiger partial charge in [0, 0.05) is 0 Å². The van der Waals surface area contributed by atoms with Gasteiger partial charge in [0.1, 0.15) is 0 Å². The van der Waals surface area contributed by atoms with E-state index in [-0.39, 0.29) is 0 Å². The minimum absolute atomic E-state index is 0.446. The number of carbonyl (C=O) groups excluding carboxylic acids is 3. The molecule has 0 aromatic heterocycles. The average Bonchev–Trinajstić information content (AvgIpc) is 1.90. The van der Waals surface area contributed by atoms with Crippen LogP contribution in [0, 0.1) is 0 Å². The van der Waals surface area contributed by atoms with Crippen LogP contribution in [0.2, 0.25) is 0 Å². The van der Waals surface area contributed by atoms with Gasteiger partial charge in [0.05, 0.1) is 0 Å². The van der Waals surface area contributed by atoms with Crippen LogP contribution in [-0.4, -0.2) is 19.2 Å². The summed E-state index contributed by atoms with van der Waals surface area (Å²) < 4.78 is 6.95. The zero-order valence-electron chi connectivity index (χ0n) is 4.96. The van der Waals surface area contributed by atoms with Crippen LogP contribution in [0.25, 0.3) is 0 Å². The zero-order chi connectivity index (χ0) is 7.82. The first-order valence-corrected chi connectivity index (χ1v) is 6.01. The molecule has 0 spiro atoms. The summed E-state index contributed by atoms with van der Waals surface area (Å²) in [5.41, 5.74) is 0. The molecule has 0 radical (unpaired) electrons. The molecule has 0 fully saturated rings. The van der Waals surface area contributed by atoms with Crippen LogP contribution in [0.3, 0.4) is 0 Å². The predicted octanol–water partition coefficient (Wildman–Crippen LogP) is -2.41. The molecular formula is C3H6N3O3Zr. The molecule has 6 nitrogen and oxygen atoms in total. The van der Waals surface area contributed by atoms with Crippen LogP contribution in [-0.2, 0) is 37.0 Å². The maximum atomic E-state index is 9.79. The fourth-order valence-electron chi connectivity index (χ4n) is 0.302. The molecule has 0 aliphatic rings. The summed E-state index contributed by atoms with van der Waals surface area (Å²) in [6, 6.07) is 0. The Morgan fingerprint density at radius 3 is 1.30 bits per heavy atom. The first-order valence-electron chi connectivity index (χ1n) is 2.32. The van der Waals surface area contributed by atoms with Gasteiger partial charge >= 0.3 is 66.0 Å². The Morgan fingerprint density at radius 1 is 0.800 bits per heavy atom. The van der Waals surface area contributed by atoms with Crippen molar-refractivity contribution in [2.75, 3.05) is 0 Å². The SMILES string of the molecule is O=C[NH][Zr]([NH]C=O)[NH]C=O. The Kier molecular flexibility index (Phi) is 5.96. The number of amides is 3. The van der Waals surface area contributed by atoms with Crippen molar-refractivity contribution in [3.8, 4) is 0 Å². The molecule has 0 bridgehead atoms. The molecule has 0 aromatic carbocycles. The van der Waals surface area contributed by atoms with E-state index < -0.39 is 22.6 Å². The van der Waals surface area contributed by atoms with Crippen LogP contribution < -0.4 is 9.78 Å². The Balaban J connectivity index is 3.58. The molecule has 7 heteroatoms. The number of rotatable bonds is 6. The summed E-state index contributed by atoms with van der Waals surface area (Å²) in [5.74, 6) is 0. The van der Waals surface area contributed by atoms with Gasteiger partial charge in [-0.25, -0.2) is 0 Å². The van der Waals surface area contributed by atoms with Gasteiger partial charge < -0.3 is 0 Å². The van der Waals surface area contributed by atoms with Crippen LogP contribution in [0.15, 0.2) is 0 Å². The Morgan fingerprint density at radius 2 is 1.10 bits per heavy atom. The minimum atomic E-state index is -2.61. The molecule has 0 saturated heterocycles. The molecule has 10 heavy (non-hydrogen) atoms. The van der Waals surface area contributed by atoms with Crippen LogP contribution in [0.5, 0.6) is 0 Å².